The van der Waals surface area contributed by atoms with Crippen molar-refractivity contribution in [2.45, 2.75) is 12.8 Å². The van der Waals surface area contributed by atoms with Gasteiger partial charge in [0, 0.05) is 29.5 Å². The fourth-order valence-corrected chi connectivity index (χ4v) is 5.31. The van der Waals surface area contributed by atoms with Gasteiger partial charge < -0.3 is 5.32 Å². The van der Waals surface area contributed by atoms with Gasteiger partial charge in [-0.2, -0.15) is 0 Å². The summed E-state index contributed by atoms with van der Waals surface area (Å²) in [5, 5.41) is 15.6. The molecule has 1 aromatic carbocycles. The first-order valence-electron chi connectivity index (χ1n) is 7.53. The number of non-ortho nitro benzene ring substituents is 1. The summed E-state index contributed by atoms with van der Waals surface area (Å²) < 4.78 is 22.9. The maximum absolute atomic E-state index is 12.0. The third kappa shape index (κ3) is 4.40. The summed E-state index contributed by atoms with van der Waals surface area (Å²) in [7, 11) is -3.01. The highest BCUT2D eigenvalue weighted by molar-refractivity contribution is 7.91. The highest BCUT2D eigenvalue weighted by Gasteiger charge is 2.29. The highest BCUT2D eigenvalue weighted by atomic mass is 32.2. The molecule has 0 radical (unpaired) electrons. The number of thiazole rings is 1. The highest BCUT2D eigenvalue weighted by Crippen LogP contribution is 2.28. The Hall–Kier alpha value is -2.33. The lowest BCUT2D eigenvalue weighted by atomic mass is 10.1. The van der Waals surface area contributed by atoms with Crippen LogP contribution in [0.2, 0.25) is 0 Å². The summed E-state index contributed by atoms with van der Waals surface area (Å²) in [4.78, 5) is 26.7. The van der Waals surface area contributed by atoms with Crippen molar-refractivity contribution in [1.82, 2.24) is 4.98 Å². The SMILES string of the molecule is O=C(CC1CCS(=O)(=O)C1)Nc1nc(-c2cccc([N+](=O)[O-])c2)cs1. The molecular formula is C15H15N3O5S2. The smallest absolute Gasteiger partial charge is 0.270 e. The zero-order valence-corrected chi connectivity index (χ0v) is 14.7. The van der Waals surface area contributed by atoms with Crippen LogP contribution in [-0.4, -0.2) is 35.7 Å². The molecule has 1 aliphatic rings. The van der Waals surface area contributed by atoms with Gasteiger partial charge in [0.2, 0.25) is 5.91 Å². The number of amides is 1. The van der Waals surface area contributed by atoms with Crippen LogP contribution in [0.4, 0.5) is 10.8 Å². The molecule has 2 aromatic rings. The maximum atomic E-state index is 12.0. The van der Waals surface area contributed by atoms with Crippen molar-refractivity contribution >= 4 is 37.9 Å². The number of aromatic nitrogens is 1. The van der Waals surface area contributed by atoms with Crippen LogP contribution >= 0.6 is 11.3 Å². The molecule has 1 aliphatic heterocycles. The lowest BCUT2D eigenvalue weighted by Gasteiger charge is -2.06. The van der Waals surface area contributed by atoms with Crippen molar-refractivity contribution in [1.29, 1.82) is 0 Å². The number of nitrogens with one attached hydrogen (secondary N) is 1. The molecule has 8 nitrogen and oxygen atoms in total. The lowest BCUT2D eigenvalue weighted by Crippen LogP contribution is -2.17. The number of anilines is 1. The number of carbonyl (C=O) groups is 1. The predicted octanol–water partition coefficient (Wildman–Crippen LogP) is 2.48. The van der Waals surface area contributed by atoms with Crippen LogP contribution in [0.1, 0.15) is 12.8 Å². The first-order chi connectivity index (χ1) is 11.8. The first-order valence-corrected chi connectivity index (χ1v) is 10.2. The topological polar surface area (TPSA) is 119 Å². The fraction of sp³-hybridized carbons (Fsp3) is 0.333. The van der Waals surface area contributed by atoms with Crippen LogP contribution in [0.5, 0.6) is 0 Å². The zero-order chi connectivity index (χ0) is 18.0. The van der Waals surface area contributed by atoms with Gasteiger partial charge in [0.15, 0.2) is 15.0 Å². The average molecular weight is 381 g/mol. The van der Waals surface area contributed by atoms with Crippen molar-refractivity contribution in [3.63, 3.8) is 0 Å². The van der Waals surface area contributed by atoms with E-state index < -0.39 is 14.8 Å². The second kappa shape index (κ2) is 6.89. The Kier molecular flexibility index (Phi) is 4.82. The number of hydrogen-bond donors (Lipinski definition) is 1. The number of nitrogens with zero attached hydrogens (tertiary/aromatic N) is 2. The minimum absolute atomic E-state index is 0.0291. The minimum Gasteiger partial charge on any atom is -0.302 e. The standard InChI is InChI=1S/C15H15N3O5S2/c19-14(6-10-4-5-25(22,23)9-10)17-15-16-13(8-24-15)11-2-1-3-12(7-11)18(20)21/h1-3,7-8,10H,4-6,9H2,(H,16,17,19). The summed E-state index contributed by atoms with van der Waals surface area (Å²) in [6, 6.07) is 6.10. The van der Waals surface area contributed by atoms with E-state index in [1.54, 1.807) is 17.5 Å². The van der Waals surface area contributed by atoms with Gasteiger partial charge in [-0.3, -0.25) is 14.9 Å². The normalized spacial score (nSPS) is 18.8. The van der Waals surface area contributed by atoms with Gasteiger partial charge in [0.05, 0.1) is 22.1 Å². The first kappa shape index (κ1) is 17.5. The van der Waals surface area contributed by atoms with Crippen LogP contribution in [0, 0.1) is 16.0 Å². The maximum Gasteiger partial charge on any atom is 0.270 e. The quantitative estimate of drug-likeness (QED) is 0.628. The number of hydrogen-bond acceptors (Lipinski definition) is 7. The Morgan fingerprint density at radius 3 is 2.92 bits per heavy atom. The van der Waals surface area contributed by atoms with E-state index >= 15 is 0 Å². The van der Waals surface area contributed by atoms with E-state index in [0.717, 1.165) is 0 Å². The molecule has 2 heterocycles. The molecule has 0 bridgehead atoms. The van der Waals surface area contributed by atoms with Crippen molar-refractivity contribution < 1.29 is 18.1 Å². The van der Waals surface area contributed by atoms with Gasteiger partial charge >= 0.3 is 0 Å². The number of sulfone groups is 1. The Balaban J connectivity index is 1.65. The Morgan fingerprint density at radius 1 is 1.44 bits per heavy atom. The van der Waals surface area contributed by atoms with E-state index in [1.165, 1.54) is 23.5 Å². The van der Waals surface area contributed by atoms with E-state index in [2.05, 4.69) is 10.3 Å². The zero-order valence-electron chi connectivity index (χ0n) is 13.0. The molecule has 1 fully saturated rings. The van der Waals surface area contributed by atoms with Gasteiger partial charge in [-0.05, 0) is 12.3 Å². The molecule has 25 heavy (non-hydrogen) atoms. The molecule has 1 N–H and O–H groups in total. The molecule has 0 spiro atoms. The van der Waals surface area contributed by atoms with E-state index in [0.29, 0.717) is 22.8 Å². The Bertz CT molecular complexity index is 923. The monoisotopic (exact) mass is 381 g/mol. The van der Waals surface area contributed by atoms with E-state index in [1.807, 2.05) is 0 Å². The molecule has 1 saturated heterocycles. The van der Waals surface area contributed by atoms with Crippen LogP contribution < -0.4 is 5.32 Å². The van der Waals surface area contributed by atoms with Crippen LogP contribution in [0.25, 0.3) is 11.3 Å². The van der Waals surface area contributed by atoms with Crippen molar-refractivity contribution in [3.8, 4) is 11.3 Å². The van der Waals surface area contributed by atoms with E-state index in [9.17, 15) is 23.3 Å². The molecular weight excluding hydrogens is 366 g/mol. The molecule has 3 rings (SSSR count). The van der Waals surface area contributed by atoms with Crippen LogP contribution in [0.3, 0.4) is 0 Å². The number of carbonyl (C=O) groups excluding carboxylic acids is 1. The number of nitro groups is 1. The summed E-state index contributed by atoms with van der Waals surface area (Å²) in [5.74, 6) is -0.237. The van der Waals surface area contributed by atoms with Crippen molar-refractivity contribution in [2.24, 2.45) is 5.92 Å². The van der Waals surface area contributed by atoms with Crippen LogP contribution in [-0.2, 0) is 14.6 Å². The van der Waals surface area contributed by atoms with Gasteiger partial charge in [0.1, 0.15) is 0 Å². The van der Waals surface area contributed by atoms with Gasteiger partial charge in [-0.15, -0.1) is 11.3 Å². The molecule has 0 saturated carbocycles. The molecule has 1 amide bonds. The summed E-state index contributed by atoms with van der Waals surface area (Å²) in [5.41, 5.74) is 1.10. The lowest BCUT2D eigenvalue weighted by molar-refractivity contribution is -0.384. The Morgan fingerprint density at radius 2 is 2.24 bits per heavy atom. The second-order valence-corrected chi connectivity index (χ2v) is 8.95. The van der Waals surface area contributed by atoms with Gasteiger partial charge in [-0.1, -0.05) is 12.1 Å². The summed E-state index contributed by atoms with van der Waals surface area (Å²) in [6.07, 6.45) is 0.650. The second-order valence-electron chi connectivity index (χ2n) is 5.87. The molecule has 1 aromatic heterocycles. The fourth-order valence-electron chi connectivity index (χ4n) is 2.71. The largest absolute Gasteiger partial charge is 0.302 e. The number of benzene rings is 1. The average Bonchev–Trinajstić information content (AvgIpc) is 3.13. The summed E-state index contributed by atoms with van der Waals surface area (Å²) >= 11 is 1.21. The number of nitro benzene ring substituents is 1. The van der Waals surface area contributed by atoms with Crippen LogP contribution in [0.15, 0.2) is 29.6 Å². The van der Waals surface area contributed by atoms with Gasteiger partial charge in [-0.25, -0.2) is 13.4 Å². The molecule has 10 heteroatoms. The Labute approximate surface area is 148 Å². The molecule has 1 atom stereocenters. The molecule has 1 unspecified atom stereocenters. The molecule has 0 aliphatic carbocycles. The third-order valence-corrected chi connectivity index (χ3v) is 6.50. The summed E-state index contributed by atoms with van der Waals surface area (Å²) in [6.45, 7) is 0. The van der Waals surface area contributed by atoms with Crippen molar-refractivity contribution in [3.05, 3.63) is 39.8 Å². The predicted molar refractivity (Wildman–Crippen MR) is 94.2 cm³/mol. The van der Waals surface area contributed by atoms with E-state index in [-0.39, 0.29) is 35.4 Å². The number of rotatable bonds is 5. The van der Waals surface area contributed by atoms with E-state index in [4.69, 9.17) is 0 Å². The minimum atomic E-state index is -3.01. The van der Waals surface area contributed by atoms with Gasteiger partial charge in [0.25, 0.3) is 5.69 Å². The van der Waals surface area contributed by atoms with Crippen molar-refractivity contribution in [2.75, 3.05) is 16.8 Å². The third-order valence-electron chi connectivity index (χ3n) is 3.90. The molecule has 132 valence electrons.